The Morgan fingerprint density at radius 2 is 1.76 bits per heavy atom. The van der Waals surface area contributed by atoms with Crippen LogP contribution in [0.2, 0.25) is 0 Å². The molecule has 0 fully saturated rings. The fourth-order valence-electron chi connectivity index (χ4n) is 3.02. The smallest absolute Gasteiger partial charge is 0.387 e. The van der Waals surface area contributed by atoms with Crippen LogP contribution in [0.15, 0.2) is 53.3 Å². The quantitative estimate of drug-likeness (QED) is 0.452. The van der Waals surface area contributed by atoms with Gasteiger partial charge in [-0.3, -0.25) is 9.36 Å². The molecule has 1 aromatic heterocycles. The summed E-state index contributed by atoms with van der Waals surface area (Å²) in [5.74, 6) is -1.06. The molecule has 0 aliphatic rings. The second-order valence-electron chi connectivity index (χ2n) is 6.87. The molecule has 0 bridgehead atoms. The molecule has 3 rings (SSSR count). The van der Waals surface area contributed by atoms with E-state index in [2.05, 4.69) is 9.47 Å². The van der Waals surface area contributed by atoms with Crippen LogP contribution in [0.25, 0.3) is 12.2 Å². The number of aromatic nitrogens is 1. The first-order valence-corrected chi connectivity index (χ1v) is 10.9. The predicted molar refractivity (Wildman–Crippen MR) is 122 cm³/mol. The van der Waals surface area contributed by atoms with E-state index in [1.165, 1.54) is 29.9 Å². The third-order valence-corrected chi connectivity index (χ3v) is 5.64. The number of esters is 2. The molecular weight excluding hydrogens is 468 g/mol. The third-order valence-electron chi connectivity index (χ3n) is 4.58. The first kappa shape index (κ1) is 24.8. The van der Waals surface area contributed by atoms with E-state index in [1.54, 1.807) is 49.4 Å². The number of hydrogen-bond donors (Lipinski definition) is 0. The van der Waals surface area contributed by atoms with Crippen molar-refractivity contribution in [3.8, 4) is 5.75 Å². The number of ether oxygens (including phenoxy) is 3. The first-order valence-electron chi connectivity index (χ1n) is 10.1. The molecule has 0 amide bonds. The highest BCUT2D eigenvalue weighted by atomic mass is 32.1. The molecule has 178 valence electrons. The molecule has 0 spiro atoms. The molecule has 0 radical (unpaired) electrons. The monoisotopic (exact) mass is 489 g/mol. The van der Waals surface area contributed by atoms with Gasteiger partial charge < -0.3 is 14.2 Å². The fourth-order valence-corrected chi connectivity index (χ4v) is 4.05. The maximum atomic E-state index is 13.1. The van der Waals surface area contributed by atoms with Crippen molar-refractivity contribution in [2.24, 2.45) is 0 Å². The lowest BCUT2D eigenvalue weighted by Crippen LogP contribution is -2.32. The van der Waals surface area contributed by atoms with Gasteiger partial charge in [-0.15, -0.1) is 11.3 Å². The summed E-state index contributed by atoms with van der Waals surface area (Å²) >= 11 is 1.09. The zero-order chi connectivity index (χ0) is 24.7. The Bertz CT molecular complexity index is 1330. The van der Waals surface area contributed by atoms with Crippen LogP contribution in [0.4, 0.5) is 8.78 Å². The van der Waals surface area contributed by atoms with Gasteiger partial charge in [0.1, 0.15) is 10.4 Å². The molecule has 7 nitrogen and oxygen atoms in total. The van der Waals surface area contributed by atoms with Crippen molar-refractivity contribution in [1.82, 2.24) is 4.57 Å². The summed E-state index contributed by atoms with van der Waals surface area (Å²) in [6.07, 6.45) is 2.84. The minimum absolute atomic E-state index is 0.00229. The highest BCUT2D eigenvalue weighted by molar-refractivity contribution is 7.07. The van der Waals surface area contributed by atoms with Crippen molar-refractivity contribution in [2.45, 2.75) is 20.1 Å². The second-order valence-corrected chi connectivity index (χ2v) is 7.93. The van der Waals surface area contributed by atoms with Crippen molar-refractivity contribution < 1.29 is 32.6 Å². The summed E-state index contributed by atoms with van der Waals surface area (Å²) in [4.78, 5) is 36.8. The number of thiazole rings is 1. The topological polar surface area (TPSA) is 83.8 Å². The normalized spacial score (nSPS) is 12.1. The lowest BCUT2D eigenvalue weighted by Gasteiger charge is -2.05. The zero-order valence-electron chi connectivity index (χ0n) is 18.3. The number of carbonyl (C=O) groups excluding carboxylic acids is 2. The number of halogens is 2. The Labute approximate surface area is 197 Å². The van der Waals surface area contributed by atoms with Crippen LogP contribution < -0.4 is 19.5 Å². The first-order chi connectivity index (χ1) is 16.3. The van der Waals surface area contributed by atoms with Gasteiger partial charge in [0.05, 0.1) is 36.4 Å². The van der Waals surface area contributed by atoms with Gasteiger partial charge in [-0.1, -0.05) is 24.3 Å². The number of nitrogens with zero attached hydrogens (tertiary/aromatic N) is 1. The number of carbonyl (C=O) groups is 2. The Kier molecular flexibility index (Phi) is 8.31. The van der Waals surface area contributed by atoms with Crippen LogP contribution in [0.3, 0.4) is 0 Å². The molecule has 0 atom stereocenters. The number of methoxy groups -OCH3 is 1. The predicted octanol–water partition coefficient (Wildman–Crippen LogP) is 2.52. The average molecular weight is 489 g/mol. The molecule has 3 aromatic rings. The molecule has 0 aliphatic heterocycles. The van der Waals surface area contributed by atoms with Gasteiger partial charge in [0.25, 0.3) is 5.56 Å². The van der Waals surface area contributed by atoms with E-state index in [0.717, 1.165) is 16.9 Å². The van der Waals surface area contributed by atoms with Gasteiger partial charge in [0.15, 0.2) is 0 Å². The number of benzene rings is 2. The minimum atomic E-state index is -2.93. The molecule has 0 N–H and O–H groups in total. The van der Waals surface area contributed by atoms with Crippen LogP contribution in [0.1, 0.15) is 28.4 Å². The van der Waals surface area contributed by atoms with Gasteiger partial charge in [-0.2, -0.15) is 8.78 Å². The van der Waals surface area contributed by atoms with Gasteiger partial charge >= 0.3 is 18.6 Å². The molecular formula is C24H21F2NO6S. The van der Waals surface area contributed by atoms with Gasteiger partial charge in [-0.25, -0.2) is 9.59 Å². The maximum absolute atomic E-state index is 13.1. The standard InChI is InChI=1S/C24H21F2NO6S/c1-3-32-21(28)13-20-27(14-16-4-8-17(9-5-16)23(30)31-2)22(29)19(34-20)12-15-6-10-18(11-7-15)33-24(25)26/h4-13,24H,3,14H2,1-2H3/b19-12-,20-13-. The van der Waals surface area contributed by atoms with Gasteiger partial charge in [-0.05, 0) is 48.4 Å². The molecule has 34 heavy (non-hydrogen) atoms. The fraction of sp³-hybridized carbons (Fsp3) is 0.208. The van der Waals surface area contributed by atoms with Crippen LogP contribution in [0.5, 0.6) is 5.75 Å². The molecule has 0 unspecified atom stereocenters. The summed E-state index contributed by atoms with van der Waals surface area (Å²) in [6, 6.07) is 12.4. The van der Waals surface area contributed by atoms with Crippen LogP contribution in [0, 0.1) is 0 Å². The maximum Gasteiger partial charge on any atom is 0.387 e. The summed E-state index contributed by atoms with van der Waals surface area (Å²) in [6.45, 7) is -0.915. The SMILES string of the molecule is CCOC(=O)/C=c1\s/c(=C\c2ccc(OC(F)F)cc2)c(=O)n1Cc1ccc(C(=O)OC)cc1. The molecule has 1 heterocycles. The van der Waals surface area contributed by atoms with E-state index in [-0.39, 0.29) is 24.5 Å². The average Bonchev–Trinajstić information content (AvgIpc) is 3.08. The zero-order valence-corrected chi connectivity index (χ0v) is 19.1. The Hall–Kier alpha value is -3.79. The van der Waals surface area contributed by atoms with E-state index in [4.69, 9.17) is 4.74 Å². The van der Waals surface area contributed by atoms with Crippen molar-refractivity contribution in [2.75, 3.05) is 13.7 Å². The summed E-state index contributed by atoms with van der Waals surface area (Å²) in [5, 5.41) is 0. The molecule has 0 saturated carbocycles. The number of hydrogen-bond acceptors (Lipinski definition) is 7. The van der Waals surface area contributed by atoms with E-state index >= 15 is 0 Å². The molecule has 2 aromatic carbocycles. The van der Waals surface area contributed by atoms with E-state index < -0.39 is 18.6 Å². The lowest BCUT2D eigenvalue weighted by molar-refractivity contribution is -0.135. The number of alkyl halides is 2. The van der Waals surface area contributed by atoms with E-state index in [9.17, 15) is 23.2 Å². The molecule has 0 aliphatic carbocycles. The van der Waals surface area contributed by atoms with E-state index in [1.807, 2.05) is 0 Å². The largest absolute Gasteiger partial charge is 0.465 e. The lowest BCUT2D eigenvalue weighted by atomic mass is 10.1. The molecule has 0 saturated heterocycles. The van der Waals surface area contributed by atoms with Crippen molar-refractivity contribution >= 4 is 35.4 Å². The second kappa shape index (κ2) is 11.4. The Balaban J connectivity index is 2.01. The minimum Gasteiger partial charge on any atom is -0.465 e. The van der Waals surface area contributed by atoms with Crippen LogP contribution in [-0.4, -0.2) is 36.8 Å². The Morgan fingerprint density at radius 3 is 2.35 bits per heavy atom. The number of rotatable bonds is 8. The van der Waals surface area contributed by atoms with E-state index in [0.29, 0.717) is 20.3 Å². The Morgan fingerprint density at radius 1 is 1.09 bits per heavy atom. The van der Waals surface area contributed by atoms with Crippen LogP contribution in [-0.2, 0) is 20.8 Å². The molecule has 10 heteroatoms. The van der Waals surface area contributed by atoms with Crippen LogP contribution >= 0.6 is 11.3 Å². The van der Waals surface area contributed by atoms with Crippen molar-refractivity contribution in [3.05, 3.63) is 84.8 Å². The summed E-state index contributed by atoms with van der Waals surface area (Å²) in [5.41, 5.74) is 1.35. The van der Waals surface area contributed by atoms with Gasteiger partial charge in [0, 0.05) is 0 Å². The van der Waals surface area contributed by atoms with Crippen molar-refractivity contribution in [1.29, 1.82) is 0 Å². The highest BCUT2D eigenvalue weighted by Gasteiger charge is 2.10. The summed E-state index contributed by atoms with van der Waals surface area (Å²) < 4.78 is 40.8. The summed E-state index contributed by atoms with van der Waals surface area (Å²) in [7, 11) is 1.29. The highest BCUT2D eigenvalue weighted by Crippen LogP contribution is 2.15. The van der Waals surface area contributed by atoms with Gasteiger partial charge in [0.2, 0.25) is 0 Å². The third kappa shape index (κ3) is 6.38. The van der Waals surface area contributed by atoms with Crippen molar-refractivity contribution in [3.63, 3.8) is 0 Å².